The summed E-state index contributed by atoms with van der Waals surface area (Å²) < 4.78 is 10.8. The Kier molecular flexibility index (Phi) is 4.02. The van der Waals surface area contributed by atoms with E-state index >= 15 is 0 Å². The zero-order valence-corrected chi connectivity index (χ0v) is 11.3. The van der Waals surface area contributed by atoms with Crippen molar-refractivity contribution in [3.8, 4) is 5.75 Å². The molecule has 98 valence electrons. The Labute approximate surface area is 108 Å². The first kappa shape index (κ1) is 13.1. The van der Waals surface area contributed by atoms with Crippen LogP contribution in [0.4, 0.5) is 0 Å². The summed E-state index contributed by atoms with van der Waals surface area (Å²) >= 11 is 0. The molecule has 0 amide bonds. The van der Waals surface area contributed by atoms with Crippen LogP contribution in [-0.2, 0) is 4.74 Å². The molecule has 1 unspecified atom stereocenters. The number of aryl methyl sites for hydroxylation is 2. The molecule has 0 aliphatic carbocycles. The second-order valence-electron chi connectivity index (χ2n) is 4.86. The van der Waals surface area contributed by atoms with Crippen molar-refractivity contribution in [3.63, 3.8) is 0 Å². The summed E-state index contributed by atoms with van der Waals surface area (Å²) in [5, 5.41) is 0. The molecule has 3 heteroatoms. The second kappa shape index (κ2) is 5.53. The molecule has 1 atom stereocenters. The van der Waals surface area contributed by atoms with Crippen LogP contribution in [0.2, 0.25) is 0 Å². The number of methoxy groups -OCH3 is 1. The van der Waals surface area contributed by atoms with Crippen LogP contribution >= 0.6 is 0 Å². The predicted octanol–water partition coefficient (Wildman–Crippen LogP) is 3.06. The molecule has 1 heterocycles. The van der Waals surface area contributed by atoms with Gasteiger partial charge in [0, 0.05) is 12.2 Å². The van der Waals surface area contributed by atoms with Crippen molar-refractivity contribution >= 4 is 5.78 Å². The molecule has 1 aliphatic rings. The van der Waals surface area contributed by atoms with Crippen LogP contribution in [0.5, 0.6) is 5.75 Å². The van der Waals surface area contributed by atoms with Crippen molar-refractivity contribution in [1.29, 1.82) is 0 Å². The molecule has 1 aromatic carbocycles. The highest BCUT2D eigenvalue weighted by Gasteiger charge is 2.24. The van der Waals surface area contributed by atoms with Gasteiger partial charge in [-0.2, -0.15) is 0 Å². The van der Waals surface area contributed by atoms with Crippen LogP contribution in [0.15, 0.2) is 12.1 Å². The number of ether oxygens (including phenoxy) is 2. The van der Waals surface area contributed by atoms with E-state index in [0.29, 0.717) is 6.61 Å². The molecule has 18 heavy (non-hydrogen) atoms. The molecule has 1 aromatic rings. The number of hydrogen-bond donors (Lipinski definition) is 0. The molecule has 1 aliphatic heterocycles. The van der Waals surface area contributed by atoms with Crippen LogP contribution in [0.25, 0.3) is 0 Å². The van der Waals surface area contributed by atoms with E-state index in [1.807, 2.05) is 26.0 Å². The lowest BCUT2D eigenvalue weighted by Crippen LogP contribution is -2.28. The minimum atomic E-state index is -0.259. The number of benzene rings is 1. The quantitative estimate of drug-likeness (QED) is 0.771. The van der Waals surface area contributed by atoms with E-state index in [0.717, 1.165) is 41.7 Å². The van der Waals surface area contributed by atoms with Crippen LogP contribution in [-0.4, -0.2) is 25.6 Å². The summed E-state index contributed by atoms with van der Waals surface area (Å²) in [6.45, 7) is 4.60. The molecule has 0 saturated carbocycles. The van der Waals surface area contributed by atoms with E-state index in [4.69, 9.17) is 9.47 Å². The third-order valence-corrected chi connectivity index (χ3v) is 3.48. The highest BCUT2D eigenvalue weighted by molar-refractivity contribution is 6.01. The van der Waals surface area contributed by atoms with Crippen LogP contribution in [0.3, 0.4) is 0 Å². The van der Waals surface area contributed by atoms with E-state index in [-0.39, 0.29) is 11.9 Å². The Morgan fingerprint density at radius 1 is 1.28 bits per heavy atom. The molecule has 0 aromatic heterocycles. The maximum absolute atomic E-state index is 12.4. The summed E-state index contributed by atoms with van der Waals surface area (Å²) in [6.07, 6.45) is 2.71. The molecular formula is C15H20O3. The second-order valence-corrected chi connectivity index (χ2v) is 4.86. The highest BCUT2D eigenvalue weighted by atomic mass is 16.5. The standard InChI is InChI=1S/C15H20O3/c1-10-9-14(17-3)11(2)8-12(10)15(16)13-6-4-5-7-18-13/h8-9,13H,4-7H2,1-3H3. The first-order valence-corrected chi connectivity index (χ1v) is 6.44. The zero-order chi connectivity index (χ0) is 13.1. The first-order chi connectivity index (χ1) is 8.63. The summed E-state index contributed by atoms with van der Waals surface area (Å²) in [5.74, 6) is 0.937. The fraction of sp³-hybridized carbons (Fsp3) is 0.533. The molecule has 0 N–H and O–H groups in total. The van der Waals surface area contributed by atoms with Gasteiger partial charge >= 0.3 is 0 Å². The third-order valence-electron chi connectivity index (χ3n) is 3.48. The topological polar surface area (TPSA) is 35.5 Å². The van der Waals surface area contributed by atoms with Crippen molar-refractivity contribution in [2.75, 3.05) is 13.7 Å². The Morgan fingerprint density at radius 2 is 2.06 bits per heavy atom. The Balaban J connectivity index is 2.27. The van der Waals surface area contributed by atoms with Gasteiger partial charge in [-0.15, -0.1) is 0 Å². The van der Waals surface area contributed by atoms with Gasteiger partial charge in [0.05, 0.1) is 7.11 Å². The zero-order valence-electron chi connectivity index (χ0n) is 11.3. The van der Waals surface area contributed by atoms with Crippen molar-refractivity contribution in [3.05, 3.63) is 28.8 Å². The van der Waals surface area contributed by atoms with Crippen molar-refractivity contribution < 1.29 is 14.3 Å². The van der Waals surface area contributed by atoms with E-state index in [2.05, 4.69) is 0 Å². The summed E-state index contributed by atoms with van der Waals surface area (Å²) in [5.41, 5.74) is 2.71. The normalized spacial score (nSPS) is 19.6. The van der Waals surface area contributed by atoms with Gasteiger partial charge in [-0.1, -0.05) is 0 Å². The molecular weight excluding hydrogens is 228 g/mol. The first-order valence-electron chi connectivity index (χ1n) is 6.44. The fourth-order valence-corrected chi connectivity index (χ4v) is 2.40. The van der Waals surface area contributed by atoms with Crippen LogP contribution < -0.4 is 4.74 Å². The van der Waals surface area contributed by atoms with Gasteiger partial charge in [-0.3, -0.25) is 4.79 Å². The Bertz CT molecular complexity index is 445. The summed E-state index contributed by atoms with van der Waals surface area (Å²) in [7, 11) is 1.65. The summed E-state index contributed by atoms with van der Waals surface area (Å²) in [6, 6.07) is 3.83. The lowest BCUT2D eigenvalue weighted by atomic mass is 9.95. The molecule has 0 bridgehead atoms. The van der Waals surface area contributed by atoms with Crippen molar-refractivity contribution in [2.24, 2.45) is 0 Å². The number of carbonyl (C=O) groups is 1. The van der Waals surface area contributed by atoms with Gasteiger partial charge in [-0.05, 0) is 56.4 Å². The number of carbonyl (C=O) groups excluding carboxylic acids is 1. The number of rotatable bonds is 3. The van der Waals surface area contributed by atoms with E-state index in [1.54, 1.807) is 7.11 Å². The van der Waals surface area contributed by atoms with Gasteiger partial charge in [0.15, 0.2) is 5.78 Å². The lowest BCUT2D eigenvalue weighted by Gasteiger charge is -2.22. The van der Waals surface area contributed by atoms with Crippen LogP contribution in [0.1, 0.15) is 40.7 Å². The molecule has 2 rings (SSSR count). The Morgan fingerprint density at radius 3 is 2.67 bits per heavy atom. The SMILES string of the molecule is COc1cc(C)c(C(=O)C2CCCCO2)cc1C. The third kappa shape index (κ3) is 2.56. The van der Waals surface area contributed by atoms with Gasteiger partial charge in [0.1, 0.15) is 11.9 Å². The minimum Gasteiger partial charge on any atom is -0.496 e. The average molecular weight is 248 g/mol. The molecule has 0 spiro atoms. The van der Waals surface area contributed by atoms with E-state index in [1.165, 1.54) is 0 Å². The van der Waals surface area contributed by atoms with Crippen molar-refractivity contribution in [1.82, 2.24) is 0 Å². The van der Waals surface area contributed by atoms with E-state index < -0.39 is 0 Å². The molecule has 1 fully saturated rings. The van der Waals surface area contributed by atoms with E-state index in [9.17, 15) is 4.79 Å². The molecule has 3 nitrogen and oxygen atoms in total. The molecule has 0 radical (unpaired) electrons. The van der Waals surface area contributed by atoms with Gasteiger partial charge in [-0.25, -0.2) is 0 Å². The largest absolute Gasteiger partial charge is 0.496 e. The minimum absolute atomic E-state index is 0.109. The number of hydrogen-bond acceptors (Lipinski definition) is 3. The lowest BCUT2D eigenvalue weighted by molar-refractivity contribution is 0.0186. The summed E-state index contributed by atoms with van der Waals surface area (Å²) in [4.78, 5) is 12.4. The predicted molar refractivity (Wildman–Crippen MR) is 70.4 cm³/mol. The fourth-order valence-electron chi connectivity index (χ4n) is 2.40. The smallest absolute Gasteiger partial charge is 0.191 e. The number of ketones is 1. The van der Waals surface area contributed by atoms with Gasteiger partial charge in [0.25, 0.3) is 0 Å². The number of Topliss-reactive ketones (excluding diaryl/α,β-unsaturated/α-hetero) is 1. The van der Waals surface area contributed by atoms with Gasteiger partial charge in [0.2, 0.25) is 0 Å². The Hall–Kier alpha value is -1.35. The van der Waals surface area contributed by atoms with Crippen LogP contribution in [0, 0.1) is 13.8 Å². The maximum Gasteiger partial charge on any atom is 0.191 e. The van der Waals surface area contributed by atoms with Gasteiger partial charge < -0.3 is 9.47 Å². The maximum atomic E-state index is 12.4. The molecule has 1 saturated heterocycles. The monoisotopic (exact) mass is 248 g/mol. The average Bonchev–Trinajstić information content (AvgIpc) is 2.41. The van der Waals surface area contributed by atoms with Crippen molar-refractivity contribution in [2.45, 2.75) is 39.2 Å². The highest BCUT2D eigenvalue weighted by Crippen LogP contribution is 2.25.